The fourth-order valence-electron chi connectivity index (χ4n) is 2.01. The van der Waals surface area contributed by atoms with Gasteiger partial charge in [-0.2, -0.15) is 0 Å². The van der Waals surface area contributed by atoms with E-state index in [1.54, 1.807) is 0 Å². The monoisotopic (exact) mass is 277 g/mol. The van der Waals surface area contributed by atoms with E-state index in [1.807, 2.05) is 31.2 Å². The summed E-state index contributed by atoms with van der Waals surface area (Å²) >= 11 is 0. The van der Waals surface area contributed by atoms with E-state index in [0.29, 0.717) is 6.54 Å². The van der Waals surface area contributed by atoms with E-state index in [9.17, 15) is 4.79 Å². The number of aryl methyl sites for hydroxylation is 1. The molecule has 0 heterocycles. The van der Waals surface area contributed by atoms with E-state index in [0.717, 1.165) is 38.3 Å². The summed E-state index contributed by atoms with van der Waals surface area (Å²) in [5.41, 5.74) is 2.04. The van der Waals surface area contributed by atoms with Gasteiger partial charge in [-0.1, -0.05) is 31.5 Å². The van der Waals surface area contributed by atoms with Gasteiger partial charge in [-0.25, -0.2) is 0 Å². The van der Waals surface area contributed by atoms with Crippen LogP contribution in [0.25, 0.3) is 0 Å². The highest BCUT2D eigenvalue weighted by atomic mass is 16.1. The van der Waals surface area contributed by atoms with Crippen LogP contribution in [0.2, 0.25) is 0 Å². The molecule has 0 unspecified atom stereocenters. The number of anilines is 1. The van der Waals surface area contributed by atoms with Crippen LogP contribution >= 0.6 is 0 Å². The lowest BCUT2D eigenvalue weighted by atomic mass is 10.2. The van der Waals surface area contributed by atoms with Gasteiger partial charge in [0.05, 0.1) is 6.54 Å². The number of hydrogen-bond acceptors (Lipinski definition) is 3. The molecule has 20 heavy (non-hydrogen) atoms. The molecule has 1 aromatic carbocycles. The summed E-state index contributed by atoms with van der Waals surface area (Å²) in [4.78, 5) is 14.1. The van der Waals surface area contributed by atoms with E-state index in [2.05, 4.69) is 29.4 Å². The number of nitrogens with one attached hydrogen (secondary N) is 2. The zero-order chi connectivity index (χ0) is 14.8. The molecular weight excluding hydrogens is 250 g/mol. The Balaban J connectivity index is 2.13. The van der Waals surface area contributed by atoms with Crippen molar-refractivity contribution in [2.45, 2.75) is 27.2 Å². The summed E-state index contributed by atoms with van der Waals surface area (Å²) in [6.45, 7) is 10.9. The minimum atomic E-state index is 0.0108. The predicted octanol–water partition coefficient (Wildman–Crippen LogP) is 2.26. The zero-order valence-corrected chi connectivity index (χ0v) is 12.9. The van der Waals surface area contributed by atoms with Crippen LogP contribution in [-0.4, -0.2) is 43.5 Å². The second kappa shape index (κ2) is 9.50. The quantitative estimate of drug-likeness (QED) is 0.681. The molecule has 1 amide bonds. The van der Waals surface area contributed by atoms with Crippen LogP contribution in [0, 0.1) is 6.92 Å². The van der Waals surface area contributed by atoms with E-state index in [4.69, 9.17) is 0 Å². The number of rotatable bonds is 9. The minimum absolute atomic E-state index is 0.0108. The summed E-state index contributed by atoms with van der Waals surface area (Å²) in [5, 5.41) is 6.06. The molecule has 0 fully saturated rings. The predicted molar refractivity (Wildman–Crippen MR) is 85.1 cm³/mol. The van der Waals surface area contributed by atoms with Crippen molar-refractivity contribution in [3.8, 4) is 0 Å². The normalized spacial score (nSPS) is 10.8. The number of carbonyl (C=O) groups excluding carboxylic acids is 1. The highest BCUT2D eigenvalue weighted by Crippen LogP contribution is 2.07. The van der Waals surface area contributed by atoms with Crippen LogP contribution in [0.4, 0.5) is 5.69 Å². The van der Waals surface area contributed by atoms with Crippen LogP contribution in [0.15, 0.2) is 24.3 Å². The number of nitrogens with zero attached hydrogens (tertiary/aromatic N) is 1. The fraction of sp³-hybridized carbons (Fsp3) is 0.562. The van der Waals surface area contributed by atoms with Crippen molar-refractivity contribution in [3.63, 3.8) is 0 Å². The Hall–Kier alpha value is -1.39. The molecule has 0 aliphatic carbocycles. The molecule has 0 aromatic heterocycles. The second-order valence-corrected chi connectivity index (χ2v) is 4.97. The molecule has 112 valence electrons. The Labute approximate surface area is 122 Å². The molecule has 0 atom stereocenters. The Morgan fingerprint density at radius 3 is 2.40 bits per heavy atom. The molecule has 0 radical (unpaired) electrons. The van der Waals surface area contributed by atoms with Gasteiger partial charge in [-0.05, 0) is 51.7 Å². The van der Waals surface area contributed by atoms with Gasteiger partial charge in [0.25, 0.3) is 0 Å². The minimum Gasteiger partial charge on any atom is -0.325 e. The van der Waals surface area contributed by atoms with Crippen molar-refractivity contribution in [2.24, 2.45) is 0 Å². The first kappa shape index (κ1) is 16.7. The molecule has 0 saturated heterocycles. The Morgan fingerprint density at radius 2 is 1.80 bits per heavy atom. The molecule has 2 N–H and O–H groups in total. The van der Waals surface area contributed by atoms with Gasteiger partial charge in [0.1, 0.15) is 0 Å². The highest BCUT2D eigenvalue weighted by molar-refractivity contribution is 5.92. The maximum Gasteiger partial charge on any atom is 0.238 e. The largest absolute Gasteiger partial charge is 0.325 e. The van der Waals surface area contributed by atoms with E-state index >= 15 is 0 Å². The van der Waals surface area contributed by atoms with Crippen LogP contribution in [0.5, 0.6) is 0 Å². The van der Waals surface area contributed by atoms with E-state index < -0.39 is 0 Å². The molecule has 0 spiro atoms. The Morgan fingerprint density at radius 1 is 1.15 bits per heavy atom. The van der Waals surface area contributed by atoms with Crippen LogP contribution in [0.3, 0.4) is 0 Å². The van der Waals surface area contributed by atoms with Crippen molar-refractivity contribution in [1.29, 1.82) is 0 Å². The first-order valence-electron chi connectivity index (χ1n) is 7.45. The summed E-state index contributed by atoms with van der Waals surface area (Å²) in [6, 6.07) is 7.83. The smallest absolute Gasteiger partial charge is 0.238 e. The Bertz CT molecular complexity index is 385. The lowest BCUT2D eigenvalue weighted by molar-refractivity contribution is -0.115. The average Bonchev–Trinajstić information content (AvgIpc) is 2.45. The van der Waals surface area contributed by atoms with Gasteiger partial charge >= 0.3 is 0 Å². The zero-order valence-electron chi connectivity index (χ0n) is 12.9. The van der Waals surface area contributed by atoms with Crippen LogP contribution < -0.4 is 10.6 Å². The van der Waals surface area contributed by atoms with Crippen molar-refractivity contribution >= 4 is 11.6 Å². The average molecular weight is 277 g/mol. The lowest BCUT2D eigenvalue weighted by Gasteiger charge is -2.17. The summed E-state index contributed by atoms with van der Waals surface area (Å²) < 4.78 is 0. The van der Waals surface area contributed by atoms with Crippen LogP contribution in [0.1, 0.15) is 25.8 Å². The van der Waals surface area contributed by atoms with Crippen molar-refractivity contribution < 1.29 is 4.79 Å². The molecule has 0 saturated carbocycles. The molecule has 0 bridgehead atoms. The third-order valence-corrected chi connectivity index (χ3v) is 3.34. The fourth-order valence-corrected chi connectivity index (χ4v) is 2.01. The summed E-state index contributed by atoms with van der Waals surface area (Å²) in [6.07, 6.45) is 1.07. The Kier molecular flexibility index (Phi) is 7.92. The van der Waals surface area contributed by atoms with Gasteiger partial charge in [-0.15, -0.1) is 0 Å². The maximum absolute atomic E-state index is 11.7. The van der Waals surface area contributed by atoms with Crippen molar-refractivity contribution in [2.75, 3.05) is 38.0 Å². The summed E-state index contributed by atoms with van der Waals surface area (Å²) in [7, 11) is 0. The number of benzene rings is 1. The molecule has 1 rings (SSSR count). The number of hydrogen-bond donors (Lipinski definition) is 2. The van der Waals surface area contributed by atoms with Crippen molar-refractivity contribution in [3.05, 3.63) is 29.8 Å². The molecule has 4 nitrogen and oxygen atoms in total. The molecule has 0 aliphatic heterocycles. The third-order valence-electron chi connectivity index (χ3n) is 3.34. The van der Waals surface area contributed by atoms with Gasteiger partial charge in [-0.3, -0.25) is 4.79 Å². The van der Waals surface area contributed by atoms with Gasteiger partial charge in [0, 0.05) is 5.69 Å². The van der Waals surface area contributed by atoms with E-state index in [-0.39, 0.29) is 5.91 Å². The molecule has 4 heteroatoms. The van der Waals surface area contributed by atoms with Gasteiger partial charge in [0.2, 0.25) is 5.91 Å². The van der Waals surface area contributed by atoms with Crippen LogP contribution in [-0.2, 0) is 4.79 Å². The topological polar surface area (TPSA) is 44.4 Å². The maximum atomic E-state index is 11.7. The van der Waals surface area contributed by atoms with Gasteiger partial charge in [0.15, 0.2) is 0 Å². The second-order valence-electron chi connectivity index (χ2n) is 4.97. The summed E-state index contributed by atoms with van der Waals surface area (Å²) in [5.74, 6) is 0.0108. The molecule has 1 aromatic rings. The van der Waals surface area contributed by atoms with Gasteiger partial charge < -0.3 is 15.5 Å². The van der Waals surface area contributed by atoms with E-state index in [1.165, 1.54) is 5.56 Å². The third kappa shape index (κ3) is 6.68. The lowest BCUT2D eigenvalue weighted by Crippen LogP contribution is -2.31. The number of amides is 1. The highest BCUT2D eigenvalue weighted by Gasteiger charge is 2.02. The first-order valence-corrected chi connectivity index (χ1v) is 7.45. The first-order chi connectivity index (χ1) is 9.65. The molecular formula is C16H27N3O. The molecule has 0 aliphatic rings. The SMILES string of the molecule is CCN(CC)CCCNCC(=O)Nc1ccc(C)cc1. The number of carbonyl (C=O) groups is 1. The van der Waals surface area contributed by atoms with Crippen molar-refractivity contribution in [1.82, 2.24) is 10.2 Å². The standard InChI is InChI=1S/C16H27N3O/c1-4-19(5-2)12-6-11-17-13-16(20)18-15-9-7-14(3)8-10-15/h7-10,17H,4-6,11-13H2,1-3H3,(H,18,20).